The smallest absolute Gasteiger partial charge is 0.349 e. The molecule has 2 rings (SSSR count). The van der Waals surface area contributed by atoms with Crippen molar-refractivity contribution in [3.63, 3.8) is 0 Å². The Bertz CT molecular complexity index is 840. The number of benzene rings is 2. The van der Waals surface area contributed by atoms with Crippen LogP contribution in [0.2, 0.25) is 0 Å². The Morgan fingerprint density at radius 1 is 1.12 bits per heavy atom. The van der Waals surface area contributed by atoms with Crippen LogP contribution in [0.25, 0.3) is 6.08 Å². The molecule has 0 amide bonds. The van der Waals surface area contributed by atoms with E-state index >= 15 is 0 Å². The van der Waals surface area contributed by atoms with Gasteiger partial charge in [0.1, 0.15) is 24.0 Å². The monoisotopic (exact) mass is 318 g/mol. The third kappa shape index (κ3) is 4.22. The average molecular weight is 318 g/mol. The lowest BCUT2D eigenvalue weighted by atomic mass is 10.1. The van der Waals surface area contributed by atoms with Crippen LogP contribution in [0, 0.1) is 22.7 Å². The van der Waals surface area contributed by atoms with Crippen LogP contribution < -0.4 is 4.74 Å². The van der Waals surface area contributed by atoms with Crippen molar-refractivity contribution in [3.8, 4) is 17.9 Å². The second-order valence-electron chi connectivity index (χ2n) is 4.79. The highest BCUT2D eigenvalue weighted by Gasteiger charge is 2.12. The third-order valence-corrected chi connectivity index (χ3v) is 3.26. The number of hydrogen-bond acceptors (Lipinski definition) is 5. The number of carbonyl (C=O) groups excluding carboxylic acids is 1. The van der Waals surface area contributed by atoms with Gasteiger partial charge in [0.05, 0.1) is 18.7 Å². The van der Waals surface area contributed by atoms with Gasteiger partial charge in [0.2, 0.25) is 0 Å². The zero-order valence-corrected chi connectivity index (χ0v) is 13.0. The van der Waals surface area contributed by atoms with E-state index in [1.165, 1.54) is 6.08 Å². The quantitative estimate of drug-likeness (QED) is 0.480. The van der Waals surface area contributed by atoms with E-state index in [-0.39, 0.29) is 12.2 Å². The number of carbonyl (C=O) groups is 1. The first-order valence-corrected chi connectivity index (χ1v) is 7.09. The van der Waals surface area contributed by atoms with Gasteiger partial charge in [0.15, 0.2) is 0 Å². The second kappa shape index (κ2) is 8.17. The zero-order valence-electron chi connectivity index (χ0n) is 13.0. The van der Waals surface area contributed by atoms with Crippen LogP contribution in [0.3, 0.4) is 0 Å². The van der Waals surface area contributed by atoms with E-state index < -0.39 is 5.97 Å². The molecule has 0 saturated carbocycles. The Labute approximate surface area is 140 Å². The highest BCUT2D eigenvalue weighted by atomic mass is 16.5. The number of hydrogen-bond donors (Lipinski definition) is 0. The predicted octanol–water partition coefficient (Wildman–Crippen LogP) is 3.22. The van der Waals surface area contributed by atoms with Crippen LogP contribution >= 0.6 is 0 Å². The van der Waals surface area contributed by atoms with E-state index in [1.54, 1.807) is 55.6 Å². The normalized spacial score (nSPS) is 10.4. The van der Waals surface area contributed by atoms with Crippen molar-refractivity contribution in [2.75, 3.05) is 7.11 Å². The Balaban J connectivity index is 2.10. The SMILES string of the molecule is COc1ccc(/C=C(\C#N)C(=O)OCc2ccccc2C#N)cc1. The summed E-state index contributed by atoms with van der Waals surface area (Å²) in [7, 11) is 1.56. The summed E-state index contributed by atoms with van der Waals surface area (Å²) in [6.07, 6.45) is 1.44. The van der Waals surface area contributed by atoms with Crippen molar-refractivity contribution in [2.45, 2.75) is 6.61 Å². The molecule has 0 saturated heterocycles. The van der Waals surface area contributed by atoms with Crippen molar-refractivity contribution in [1.29, 1.82) is 10.5 Å². The summed E-state index contributed by atoms with van der Waals surface area (Å²) in [5.41, 5.74) is 1.59. The molecule has 0 aliphatic carbocycles. The first-order valence-electron chi connectivity index (χ1n) is 7.09. The van der Waals surface area contributed by atoms with Gasteiger partial charge in [-0.2, -0.15) is 10.5 Å². The number of nitriles is 2. The van der Waals surface area contributed by atoms with Gasteiger partial charge in [-0.05, 0) is 29.8 Å². The van der Waals surface area contributed by atoms with E-state index in [4.69, 9.17) is 20.0 Å². The summed E-state index contributed by atoms with van der Waals surface area (Å²) in [5.74, 6) is -0.0533. The Hall–Kier alpha value is -3.57. The highest BCUT2D eigenvalue weighted by molar-refractivity contribution is 5.97. The molecular weight excluding hydrogens is 304 g/mol. The molecule has 0 spiro atoms. The molecule has 0 fully saturated rings. The molecule has 24 heavy (non-hydrogen) atoms. The number of ether oxygens (including phenoxy) is 2. The number of rotatable bonds is 5. The summed E-state index contributed by atoms with van der Waals surface area (Å²) in [6, 6.07) is 17.6. The molecule has 0 atom stereocenters. The molecule has 118 valence electrons. The molecule has 2 aromatic carbocycles. The van der Waals surface area contributed by atoms with Crippen molar-refractivity contribution < 1.29 is 14.3 Å². The topological polar surface area (TPSA) is 83.1 Å². The lowest BCUT2D eigenvalue weighted by Gasteiger charge is -2.06. The number of esters is 1. The molecule has 0 unspecified atom stereocenters. The van der Waals surface area contributed by atoms with Crippen molar-refractivity contribution in [2.24, 2.45) is 0 Å². The van der Waals surface area contributed by atoms with E-state index in [0.717, 1.165) is 0 Å². The van der Waals surface area contributed by atoms with Gasteiger partial charge in [-0.3, -0.25) is 0 Å². The standard InChI is InChI=1S/C19H14N2O3/c1-23-18-8-6-14(7-9-18)10-17(12-21)19(22)24-13-16-5-3-2-4-15(16)11-20/h2-10H,13H2,1H3/b17-10+. The van der Waals surface area contributed by atoms with Gasteiger partial charge in [-0.15, -0.1) is 0 Å². The maximum absolute atomic E-state index is 12.1. The fourth-order valence-electron chi connectivity index (χ4n) is 1.98. The summed E-state index contributed by atoms with van der Waals surface area (Å²) in [4.78, 5) is 12.1. The summed E-state index contributed by atoms with van der Waals surface area (Å²) in [6.45, 7) is -0.0653. The Kier molecular flexibility index (Phi) is 5.71. The minimum absolute atomic E-state index is 0.0653. The first-order chi connectivity index (χ1) is 11.7. The van der Waals surface area contributed by atoms with E-state index in [1.807, 2.05) is 12.1 Å². The van der Waals surface area contributed by atoms with E-state index in [0.29, 0.717) is 22.4 Å². The largest absolute Gasteiger partial charge is 0.497 e. The van der Waals surface area contributed by atoms with Crippen molar-refractivity contribution >= 4 is 12.0 Å². The van der Waals surface area contributed by atoms with Gasteiger partial charge in [0, 0.05) is 5.56 Å². The van der Waals surface area contributed by atoms with Gasteiger partial charge in [-0.25, -0.2) is 4.79 Å². The van der Waals surface area contributed by atoms with Gasteiger partial charge in [-0.1, -0.05) is 30.3 Å². The van der Waals surface area contributed by atoms with Crippen LogP contribution in [-0.2, 0) is 16.1 Å². The second-order valence-corrected chi connectivity index (χ2v) is 4.79. The lowest BCUT2D eigenvalue weighted by molar-refractivity contribution is -0.139. The Morgan fingerprint density at radius 2 is 1.83 bits per heavy atom. The molecule has 0 radical (unpaired) electrons. The van der Waals surface area contributed by atoms with Crippen LogP contribution in [0.4, 0.5) is 0 Å². The van der Waals surface area contributed by atoms with Crippen LogP contribution in [0.15, 0.2) is 54.1 Å². The minimum Gasteiger partial charge on any atom is -0.497 e. The molecule has 0 aromatic heterocycles. The summed E-state index contributed by atoms with van der Waals surface area (Å²) < 4.78 is 10.2. The minimum atomic E-state index is -0.735. The molecule has 0 bridgehead atoms. The predicted molar refractivity (Wildman–Crippen MR) is 87.5 cm³/mol. The van der Waals surface area contributed by atoms with Crippen molar-refractivity contribution in [1.82, 2.24) is 0 Å². The highest BCUT2D eigenvalue weighted by Crippen LogP contribution is 2.15. The zero-order chi connectivity index (χ0) is 17.4. The molecule has 0 aliphatic rings. The van der Waals surface area contributed by atoms with Gasteiger partial charge in [0.25, 0.3) is 0 Å². The molecule has 5 nitrogen and oxygen atoms in total. The maximum Gasteiger partial charge on any atom is 0.349 e. The van der Waals surface area contributed by atoms with E-state index in [9.17, 15) is 4.79 Å². The fourth-order valence-corrected chi connectivity index (χ4v) is 1.98. The fraction of sp³-hybridized carbons (Fsp3) is 0.105. The maximum atomic E-state index is 12.1. The molecule has 0 heterocycles. The van der Waals surface area contributed by atoms with Gasteiger partial charge >= 0.3 is 5.97 Å². The van der Waals surface area contributed by atoms with Gasteiger partial charge < -0.3 is 9.47 Å². The molecular formula is C19H14N2O3. The first kappa shape index (κ1) is 16.8. The van der Waals surface area contributed by atoms with Crippen LogP contribution in [-0.4, -0.2) is 13.1 Å². The Morgan fingerprint density at radius 3 is 2.46 bits per heavy atom. The van der Waals surface area contributed by atoms with Crippen LogP contribution in [0.1, 0.15) is 16.7 Å². The molecule has 2 aromatic rings. The van der Waals surface area contributed by atoms with Crippen LogP contribution in [0.5, 0.6) is 5.75 Å². The van der Waals surface area contributed by atoms with Crippen molar-refractivity contribution in [3.05, 3.63) is 70.8 Å². The van der Waals surface area contributed by atoms with E-state index in [2.05, 4.69) is 0 Å². The summed E-state index contributed by atoms with van der Waals surface area (Å²) in [5, 5.41) is 18.2. The summed E-state index contributed by atoms with van der Waals surface area (Å²) >= 11 is 0. The molecule has 5 heteroatoms. The number of methoxy groups -OCH3 is 1. The molecule has 0 N–H and O–H groups in total. The molecule has 0 aliphatic heterocycles. The average Bonchev–Trinajstić information content (AvgIpc) is 2.64. The lowest BCUT2D eigenvalue weighted by Crippen LogP contribution is -2.07. The third-order valence-electron chi connectivity index (χ3n) is 3.26. The number of nitrogens with zero attached hydrogens (tertiary/aromatic N) is 2.